The maximum absolute atomic E-state index is 3.82. The number of hydrogen-bond donors (Lipinski definition) is 1. The Kier molecular flexibility index (Phi) is 6.88. The largest absolute Gasteiger partial charge is 0.312 e. The van der Waals surface area contributed by atoms with Crippen molar-refractivity contribution >= 4 is 11.8 Å². The van der Waals surface area contributed by atoms with Crippen LogP contribution in [0.3, 0.4) is 0 Å². The van der Waals surface area contributed by atoms with Crippen LogP contribution in [0.25, 0.3) is 0 Å². The molecule has 0 aromatic heterocycles. The molecule has 1 aliphatic carbocycles. The Morgan fingerprint density at radius 2 is 2.00 bits per heavy atom. The van der Waals surface area contributed by atoms with Crippen LogP contribution in [0.1, 0.15) is 44.9 Å². The molecule has 1 unspecified atom stereocenters. The van der Waals surface area contributed by atoms with Crippen LogP contribution in [-0.2, 0) is 0 Å². The minimum atomic E-state index is 0.780. The fourth-order valence-electron chi connectivity index (χ4n) is 3.51. The van der Waals surface area contributed by atoms with Gasteiger partial charge in [0.25, 0.3) is 0 Å². The van der Waals surface area contributed by atoms with Crippen LogP contribution in [0.15, 0.2) is 0 Å². The van der Waals surface area contributed by atoms with E-state index in [1.807, 2.05) is 11.8 Å². The highest BCUT2D eigenvalue weighted by molar-refractivity contribution is 7.98. The van der Waals surface area contributed by atoms with Gasteiger partial charge >= 0.3 is 0 Å². The summed E-state index contributed by atoms with van der Waals surface area (Å²) < 4.78 is 0. The molecule has 1 atom stereocenters. The maximum atomic E-state index is 3.82. The minimum absolute atomic E-state index is 0.780. The summed E-state index contributed by atoms with van der Waals surface area (Å²) in [5.74, 6) is 2.28. The summed E-state index contributed by atoms with van der Waals surface area (Å²) in [6, 6.07) is 0.780. The molecule has 0 amide bonds. The summed E-state index contributed by atoms with van der Waals surface area (Å²) in [4.78, 5) is 2.72. The van der Waals surface area contributed by atoms with E-state index >= 15 is 0 Å². The average Bonchev–Trinajstić information content (AvgIpc) is 2.66. The van der Waals surface area contributed by atoms with Crippen LogP contribution in [0, 0.1) is 5.92 Å². The van der Waals surface area contributed by atoms with E-state index in [9.17, 15) is 0 Å². The summed E-state index contributed by atoms with van der Waals surface area (Å²) in [6.45, 7) is 5.16. The van der Waals surface area contributed by atoms with Crippen molar-refractivity contribution in [1.82, 2.24) is 10.2 Å². The molecule has 2 fully saturated rings. The number of hydrogen-bond acceptors (Lipinski definition) is 3. The first-order valence-corrected chi connectivity index (χ1v) is 9.24. The van der Waals surface area contributed by atoms with Gasteiger partial charge in [-0.25, -0.2) is 0 Å². The van der Waals surface area contributed by atoms with Gasteiger partial charge < -0.3 is 10.2 Å². The van der Waals surface area contributed by atoms with Gasteiger partial charge in [0.2, 0.25) is 0 Å². The zero-order chi connectivity index (χ0) is 12.6. The van der Waals surface area contributed by atoms with Crippen LogP contribution in [0.4, 0.5) is 0 Å². The minimum Gasteiger partial charge on any atom is -0.312 e. The quantitative estimate of drug-likeness (QED) is 0.773. The van der Waals surface area contributed by atoms with Gasteiger partial charge in [-0.15, -0.1) is 0 Å². The van der Waals surface area contributed by atoms with Gasteiger partial charge in [0.1, 0.15) is 0 Å². The van der Waals surface area contributed by atoms with Crippen molar-refractivity contribution < 1.29 is 0 Å². The molecular formula is C15H30N2S. The molecule has 0 bridgehead atoms. The van der Waals surface area contributed by atoms with E-state index in [1.165, 1.54) is 76.9 Å². The van der Waals surface area contributed by atoms with Crippen molar-refractivity contribution in [2.24, 2.45) is 5.92 Å². The van der Waals surface area contributed by atoms with Crippen LogP contribution in [0.2, 0.25) is 0 Å². The number of rotatable bonds is 5. The van der Waals surface area contributed by atoms with Gasteiger partial charge in [-0.2, -0.15) is 11.8 Å². The lowest BCUT2D eigenvalue weighted by molar-refractivity contribution is 0.207. The number of nitrogens with one attached hydrogen (secondary N) is 1. The second-order valence-electron chi connectivity index (χ2n) is 5.96. The van der Waals surface area contributed by atoms with E-state index in [-0.39, 0.29) is 0 Å². The zero-order valence-electron chi connectivity index (χ0n) is 12.0. The van der Waals surface area contributed by atoms with Gasteiger partial charge in [-0.1, -0.05) is 19.3 Å². The second-order valence-corrected chi connectivity index (χ2v) is 6.94. The van der Waals surface area contributed by atoms with E-state index in [0.717, 1.165) is 12.0 Å². The molecule has 0 aromatic rings. The van der Waals surface area contributed by atoms with Gasteiger partial charge in [0, 0.05) is 12.6 Å². The van der Waals surface area contributed by atoms with E-state index in [0.29, 0.717) is 0 Å². The van der Waals surface area contributed by atoms with Crippen molar-refractivity contribution in [3.05, 3.63) is 0 Å². The molecular weight excluding hydrogens is 240 g/mol. The Bertz CT molecular complexity index is 217. The predicted molar refractivity (Wildman–Crippen MR) is 82.4 cm³/mol. The first kappa shape index (κ1) is 14.7. The molecule has 3 heteroatoms. The van der Waals surface area contributed by atoms with E-state index in [2.05, 4.69) is 16.5 Å². The summed E-state index contributed by atoms with van der Waals surface area (Å²) >= 11 is 1.98. The van der Waals surface area contributed by atoms with Gasteiger partial charge in [0.15, 0.2) is 0 Å². The predicted octanol–water partition coefficient (Wildman–Crippen LogP) is 2.98. The molecule has 2 rings (SSSR count). The highest BCUT2D eigenvalue weighted by atomic mass is 32.2. The highest BCUT2D eigenvalue weighted by Gasteiger charge is 2.26. The second kappa shape index (κ2) is 8.44. The topological polar surface area (TPSA) is 15.3 Å². The van der Waals surface area contributed by atoms with Crippen LogP contribution >= 0.6 is 11.8 Å². The smallest absolute Gasteiger partial charge is 0.0223 e. The number of thioether (sulfide) groups is 1. The fraction of sp³-hybridized carbons (Fsp3) is 1.00. The lowest BCUT2D eigenvalue weighted by atomic mass is 9.83. The molecule has 2 nitrogen and oxygen atoms in total. The SMILES string of the molecule is CSCCCN1CCCNC(C2CCCCC2)C1. The zero-order valence-corrected chi connectivity index (χ0v) is 12.8. The van der Waals surface area contributed by atoms with E-state index < -0.39 is 0 Å². The molecule has 0 aromatic carbocycles. The third-order valence-electron chi connectivity index (χ3n) is 4.55. The third kappa shape index (κ3) is 4.75. The van der Waals surface area contributed by atoms with Crippen molar-refractivity contribution in [2.45, 2.75) is 51.0 Å². The summed E-state index contributed by atoms with van der Waals surface area (Å²) in [7, 11) is 0. The molecule has 1 saturated heterocycles. The van der Waals surface area contributed by atoms with Crippen molar-refractivity contribution in [3.63, 3.8) is 0 Å². The molecule has 1 aliphatic heterocycles. The Balaban J connectivity index is 1.78. The monoisotopic (exact) mass is 270 g/mol. The average molecular weight is 270 g/mol. The standard InChI is InChI=1S/C15H30N2S/c1-18-12-6-11-17-10-5-9-16-15(13-17)14-7-3-2-4-8-14/h14-16H,2-13H2,1H3. The summed E-state index contributed by atoms with van der Waals surface area (Å²) in [6.07, 6.45) is 12.3. The highest BCUT2D eigenvalue weighted by Crippen LogP contribution is 2.27. The number of nitrogens with zero attached hydrogens (tertiary/aromatic N) is 1. The summed E-state index contributed by atoms with van der Waals surface area (Å²) in [5.41, 5.74) is 0. The first-order valence-electron chi connectivity index (χ1n) is 7.85. The molecule has 0 radical (unpaired) electrons. The maximum Gasteiger partial charge on any atom is 0.0223 e. The molecule has 1 N–H and O–H groups in total. The van der Waals surface area contributed by atoms with Gasteiger partial charge in [-0.05, 0) is 63.2 Å². The molecule has 106 valence electrons. The lowest BCUT2D eigenvalue weighted by Gasteiger charge is -2.33. The van der Waals surface area contributed by atoms with Crippen molar-refractivity contribution in [1.29, 1.82) is 0 Å². The Morgan fingerprint density at radius 3 is 2.78 bits per heavy atom. The fourth-order valence-corrected chi connectivity index (χ4v) is 3.93. The van der Waals surface area contributed by atoms with Crippen molar-refractivity contribution in [2.75, 3.05) is 38.2 Å². The normalized spacial score (nSPS) is 28.2. The van der Waals surface area contributed by atoms with Crippen LogP contribution in [-0.4, -0.2) is 49.1 Å². The Hall–Kier alpha value is 0.270. The van der Waals surface area contributed by atoms with Gasteiger partial charge in [0.05, 0.1) is 0 Å². The van der Waals surface area contributed by atoms with E-state index in [1.54, 1.807) is 0 Å². The molecule has 0 spiro atoms. The molecule has 1 heterocycles. The van der Waals surface area contributed by atoms with E-state index in [4.69, 9.17) is 0 Å². The molecule has 18 heavy (non-hydrogen) atoms. The molecule has 1 saturated carbocycles. The lowest BCUT2D eigenvalue weighted by Crippen LogP contribution is -2.43. The first-order chi connectivity index (χ1) is 8.90. The van der Waals surface area contributed by atoms with Crippen LogP contribution < -0.4 is 5.32 Å². The van der Waals surface area contributed by atoms with Crippen molar-refractivity contribution in [3.8, 4) is 0 Å². The van der Waals surface area contributed by atoms with Crippen LogP contribution in [0.5, 0.6) is 0 Å². The third-order valence-corrected chi connectivity index (χ3v) is 5.25. The summed E-state index contributed by atoms with van der Waals surface area (Å²) in [5, 5.41) is 3.82. The Morgan fingerprint density at radius 1 is 1.17 bits per heavy atom. The van der Waals surface area contributed by atoms with Gasteiger partial charge in [-0.3, -0.25) is 0 Å². The Labute approximate surface area is 117 Å². The molecule has 2 aliphatic rings.